The highest BCUT2D eigenvalue weighted by Gasteiger charge is 2.21. The Kier molecular flexibility index (Phi) is 3.23. The van der Waals surface area contributed by atoms with Crippen molar-refractivity contribution in [1.82, 2.24) is 9.97 Å². The summed E-state index contributed by atoms with van der Waals surface area (Å²) >= 11 is 5.40. The molecule has 0 spiro atoms. The number of hydrogen-bond acceptors (Lipinski definition) is 3. The summed E-state index contributed by atoms with van der Waals surface area (Å²) in [5, 5.41) is 0. The number of fused-ring (bicyclic) bond motifs is 2. The molecule has 1 aliphatic heterocycles. The lowest BCUT2D eigenvalue weighted by Crippen LogP contribution is -2.08. The summed E-state index contributed by atoms with van der Waals surface area (Å²) in [5.41, 5.74) is 3.46. The van der Waals surface area contributed by atoms with E-state index in [4.69, 9.17) is 17.0 Å². The van der Waals surface area contributed by atoms with Gasteiger partial charge in [0, 0.05) is 6.42 Å². The van der Waals surface area contributed by atoms with Gasteiger partial charge in [-0.3, -0.25) is 0 Å². The lowest BCUT2D eigenvalue weighted by Gasteiger charge is -2.21. The zero-order valence-electron chi connectivity index (χ0n) is 12.4. The molecule has 2 aromatic carbocycles. The number of H-pyrrole nitrogens is 1. The summed E-state index contributed by atoms with van der Waals surface area (Å²) in [6.45, 7) is 2.04. The minimum Gasteiger partial charge on any atom is -0.440 e. The van der Waals surface area contributed by atoms with E-state index in [0.29, 0.717) is 28.3 Å². The van der Waals surface area contributed by atoms with Gasteiger partial charge in [-0.05, 0) is 30.7 Å². The van der Waals surface area contributed by atoms with Crippen LogP contribution in [-0.4, -0.2) is 9.97 Å². The fraction of sp³-hybridized carbons (Fsp3) is 0.111. The third-order valence-corrected chi connectivity index (χ3v) is 4.24. The van der Waals surface area contributed by atoms with E-state index in [0.717, 1.165) is 16.9 Å². The van der Waals surface area contributed by atoms with E-state index in [1.807, 2.05) is 19.1 Å². The Bertz CT molecular complexity index is 981. The molecule has 1 N–H and O–H groups in total. The molecule has 0 amide bonds. The summed E-state index contributed by atoms with van der Waals surface area (Å²) in [4.78, 5) is 7.43. The fourth-order valence-corrected chi connectivity index (χ4v) is 3.00. The molecule has 1 aromatic heterocycles. The first-order valence-electron chi connectivity index (χ1n) is 7.27. The van der Waals surface area contributed by atoms with E-state index in [1.165, 1.54) is 11.6 Å². The van der Waals surface area contributed by atoms with Crippen molar-refractivity contribution < 1.29 is 9.13 Å². The second-order valence-corrected chi connectivity index (χ2v) is 5.95. The molecule has 4 rings (SSSR count). The van der Waals surface area contributed by atoms with Crippen molar-refractivity contribution in [3.8, 4) is 23.0 Å². The first-order valence-corrected chi connectivity index (χ1v) is 7.68. The predicted octanol–water partition coefficient (Wildman–Crippen LogP) is 4.95. The SMILES string of the molecule is Cc1ccc2c(c1)Cc1c([nH]c(-c3ccccc3F)nc1=S)O2. The number of hydrogen-bond donors (Lipinski definition) is 1. The molecule has 0 aliphatic carbocycles. The number of halogens is 1. The Labute approximate surface area is 137 Å². The van der Waals surface area contributed by atoms with Crippen LogP contribution in [0, 0.1) is 17.4 Å². The first kappa shape index (κ1) is 14.1. The monoisotopic (exact) mass is 324 g/mol. The Morgan fingerprint density at radius 2 is 2.04 bits per heavy atom. The number of aromatic nitrogens is 2. The average molecular weight is 324 g/mol. The number of rotatable bonds is 1. The molecule has 3 aromatic rings. The molecule has 0 saturated heterocycles. The molecule has 0 atom stereocenters. The van der Waals surface area contributed by atoms with Crippen LogP contribution in [0.3, 0.4) is 0 Å². The van der Waals surface area contributed by atoms with Crippen LogP contribution in [0.25, 0.3) is 11.4 Å². The minimum absolute atomic E-state index is 0.350. The maximum atomic E-state index is 14.0. The largest absolute Gasteiger partial charge is 0.440 e. The van der Waals surface area contributed by atoms with E-state index in [2.05, 4.69) is 16.0 Å². The summed E-state index contributed by atoms with van der Waals surface area (Å²) in [5.74, 6) is 1.36. The zero-order valence-corrected chi connectivity index (χ0v) is 13.2. The Morgan fingerprint density at radius 3 is 2.87 bits per heavy atom. The van der Waals surface area contributed by atoms with Gasteiger partial charge in [-0.15, -0.1) is 0 Å². The van der Waals surface area contributed by atoms with Gasteiger partial charge in [0.1, 0.15) is 22.0 Å². The van der Waals surface area contributed by atoms with Crippen LogP contribution in [0.2, 0.25) is 0 Å². The second-order valence-electron chi connectivity index (χ2n) is 5.57. The molecule has 0 fully saturated rings. The van der Waals surface area contributed by atoms with Crippen LogP contribution >= 0.6 is 12.2 Å². The molecule has 114 valence electrons. The summed E-state index contributed by atoms with van der Waals surface area (Å²) in [6, 6.07) is 12.5. The van der Waals surface area contributed by atoms with Crippen LogP contribution in [-0.2, 0) is 6.42 Å². The van der Waals surface area contributed by atoms with Gasteiger partial charge in [0.05, 0.1) is 11.1 Å². The smallest absolute Gasteiger partial charge is 0.205 e. The fourth-order valence-electron chi connectivity index (χ4n) is 2.75. The highest BCUT2D eigenvalue weighted by molar-refractivity contribution is 7.71. The highest BCUT2D eigenvalue weighted by Crippen LogP contribution is 2.37. The lowest BCUT2D eigenvalue weighted by molar-refractivity contribution is 0.438. The van der Waals surface area contributed by atoms with Crippen LogP contribution in [0.15, 0.2) is 42.5 Å². The second kappa shape index (κ2) is 5.28. The molecular weight excluding hydrogens is 311 g/mol. The summed E-state index contributed by atoms with van der Waals surface area (Å²) < 4.78 is 20.4. The van der Waals surface area contributed by atoms with Crippen molar-refractivity contribution in [3.05, 3.63) is 69.6 Å². The molecule has 0 unspecified atom stereocenters. The average Bonchev–Trinajstić information content (AvgIpc) is 2.54. The van der Waals surface area contributed by atoms with Gasteiger partial charge in [-0.25, -0.2) is 9.37 Å². The maximum absolute atomic E-state index is 14.0. The molecule has 5 heteroatoms. The van der Waals surface area contributed by atoms with Crippen LogP contribution in [0.4, 0.5) is 4.39 Å². The van der Waals surface area contributed by atoms with Gasteiger partial charge in [0.2, 0.25) is 5.88 Å². The Morgan fingerprint density at radius 1 is 1.22 bits per heavy atom. The highest BCUT2D eigenvalue weighted by atomic mass is 32.1. The molecule has 0 radical (unpaired) electrons. The summed E-state index contributed by atoms with van der Waals surface area (Å²) in [7, 11) is 0. The zero-order chi connectivity index (χ0) is 16.0. The molecule has 1 aliphatic rings. The third-order valence-electron chi connectivity index (χ3n) is 3.90. The van der Waals surface area contributed by atoms with Crippen molar-refractivity contribution in [1.29, 1.82) is 0 Å². The van der Waals surface area contributed by atoms with E-state index < -0.39 is 0 Å². The van der Waals surface area contributed by atoms with Crippen LogP contribution in [0.1, 0.15) is 16.7 Å². The van der Waals surface area contributed by atoms with E-state index >= 15 is 0 Å². The van der Waals surface area contributed by atoms with Gasteiger partial charge >= 0.3 is 0 Å². The number of aryl methyl sites for hydroxylation is 1. The number of benzene rings is 2. The van der Waals surface area contributed by atoms with Gasteiger partial charge in [0.25, 0.3) is 0 Å². The quantitative estimate of drug-likeness (QED) is 0.503. The van der Waals surface area contributed by atoms with Crippen molar-refractivity contribution >= 4 is 12.2 Å². The van der Waals surface area contributed by atoms with Crippen molar-refractivity contribution in [2.75, 3.05) is 0 Å². The predicted molar refractivity (Wildman–Crippen MR) is 88.9 cm³/mol. The van der Waals surface area contributed by atoms with E-state index in [-0.39, 0.29) is 5.82 Å². The molecule has 0 saturated carbocycles. The van der Waals surface area contributed by atoms with Gasteiger partial charge < -0.3 is 9.72 Å². The van der Waals surface area contributed by atoms with Crippen molar-refractivity contribution in [2.24, 2.45) is 0 Å². The van der Waals surface area contributed by atoms with Gasteiger partial charge in [0.15, 0.2) is 0 Å². The lowest BCUT2D eigenvalue weighted by atomic mass is 10.0. The molecule has 23 heavy (non-hydrogen) atoms. The van der Waals surface area contributed by atoms with Gasteiger partial charge in [-0.2, -0.15) is 0 Å². The first-order chi connectivity index (χ1) is 11.1. The molecule has 0 bridgehead atoms. The van der Waals surface area contributed by atoms with Gasteiger partial charge in [-0.1, -0.05) is 42.0 Å². The van der Waals surface area contributed by atoms with Crippen molar-refractivity contribution in [2.45, 2.75) is 13.3 Å². The third kappa shape index (κ3) is 2.43. The number of nitrogens with one attached hydrogen (secondary N) is 1. The number of aromatic amines is 1. The maximum Gasteiger partial charge on any atom is 0.205 e. The minimum atomic E-state index is -0.350. The Hall–Kier alpha value is -2.53. The topological polar surface area (TPSA) is 37.9 Å². The summed E-state index contributed by atoms with van der Waals surface area (Å²) in [6.07, 6.45) is 0.659. The number of ether oxygens (including phenoxy) is 1. The standard InChI is InChI=1S/C18H13FN2OS/c1-10-6-7-15-11(8-10)9-13-17(22-15)20-16(21-18(13)23)12-4-2-3-5-14(12)19/h2-8H,9H2,1H3,(H,20,21,23). The molecule has 3 nitrogen and oxygen atoms in total. The number of nitrogens with zero attached hydrogens (tertiary/aromatic N) is 1. The molecule has 2 heterocycles. The van der Waals surface area contributed by atoms with Crippen molar-refractivity contribution in [3.63, 3.8) is 0 Å². The normalized spacial score (nSPS) is 12.3. The van der Waals surface area contributed by atoms with Crippen LogP contribution < -0.4 is 4.74 Å². The van der Waals surface area contributed by atoms with Crippen LogP contribution in [0.5, 0.6) is 11.6 Å². The van der Waals surface area contributed by atoms with E-state index in [9.17, 15) is 4.39 Å². The molecular formula is C18H13FN2OS. The van der Waals surface area contributed by atoms with E-state index in [1.54, 1.807) is 18.2 Å². The Balaban J connectivity index is 1.85.